The van der Waals surface area contributed by atoms with Crippen LogP contribution in [0, 0.1) is 12.7 Å². The number of halogens is 1. The highest BCUT2D eigenvalue weighted by Gasteiger charge is 2.06. The van der Waals surface area contributed by atoms with Crippen molar-refractivity contribution in [2.24, 2.45) is 0 Å². The van der Waals surface area contributed by atoms with Crippen molar-refractivity contribution in [2.75, 3.05) is 0 Å². The predicted molar refractivity (Wildman–Crippen MR) is 65.1 cm³/mol. The Labute approximate surface area is 100 Å². The summed E-state index contributed by atoms with van der Waals surface area (Å²) in [4.78, 5) is 0. The van der Waals surface area contributed by atoms with E-state index in [1.54, 1.807) is 12.1 Å². The minimum Gasteiger partial charge on any atom is -0.465 e. The van der Waals surface area contributed by atoms with Crippen molar-refractivity contribution in [2.45, 2.75) is 26.4 Å². The van der Waals surface area contributed by atoms with Gasteiger partial charge in [-0.15, -0.1) is 0 Å². The molecule has 1 N–H and O–H groups in total. The Morgan fingerprint density at radius 3 is 2.76 bits per heavy atom. The maximum Gasteiger partial charge on any atom is 0.123 e. The van der Waals surface area contributed by atoms with Gasteiger partial charge in [-0.3, -0.25) is 0 Å². The van der Waals surface area contributed by atoms with Gasteiger partial charge in [0, 0.05) is 6.04 Å². The summed E-state index contributed by atoms with van der Waals surface area (Å²) < 4.78 is 18.5. The van der Waals surface area contributed by atoms with Crippen molar-refractivity contribution in [1.82, 2.24) is 5.32 Å². The fraction of sp³-hybridized carbons (Fsp3) is 0.286. The van der Waals surface area contributed by atoms with Crippen LogP contribution < -0.4 is 5.32 Å². The average Bonchev–Trinajstić information content (AvgIpc) is 2.72. The van der Waals surface area contributed by atoms with E-state index >= 15 is 0 Å². The molecule has 1 heterocycles. The standard InChI is InChI=1S/C14H16FNO/c1-10-6-7-14(17-10)9-16-11(2)12-4-3-5-13(15)8-12/h3-8,11,16H,9H2,1-2H3. The van der Waals surface area contributed by atoms with E-state index in [2.05, 4.69) is 5.32 Å². The first kappa shape index (κ1) is 11.9. The Hall–Kier alpha value is -1.61. The molecular weight excluding hydrogens is 217 g/mol. The molecule has 0 aliphatic carbocycles. The molecule has 1 aromatic carbocycles. The summed E-state index contributed by atoms with van der Waals surface area (Å²) in [5, 5.41) is 3.30. The normalized spacial score (nSPS) is 12.6. The quantitative estimate of drug-likeness (QED) is 0.873. The highest BCUT2D eigenvalue weighted by atomic mass is 19.1. The van der Waals surface area contributed by atoms with Gasteiger partial charge in [0.2, 0.25) is 0 Å². The van der Waals surface area contributed by atoms with Crippen LogP contribution in [0.5, 0.6) is 0 Å². The molecule has 0 aliphatic rings. The van der Waals surface area contributed by atoms with Crippen LogP contribution in [0.15, 0.2) is 40.8 Å². The molecule has 0 spiro atoms. The van der Waals surface area contributed by atoms with Gasteiger partial charge in [-0.1, -0.05) is 12.1 Å². The summed E-state index contributed by atoms with van der Waals surface area (Å²) in [5.74, 6) is 1.59. The topological polar surface area (TPSA) is 25.2 Å². The van der Waals surface area contributed by atoms with Crippen molar-refractivity contribution in [1.29, 1.82) is 0 Å². The fourth-order valence-corrected chi connectivity index (χ4v) is 1.73. The van der Waals surface area contributed by atoms with Crippen LogP contribution in [-0.4, -0.2) is 0 Å². The third-order valence-electron chi connectivity index (χ3n) is 2.73. The second-order valence-electron chi connectivity index (χ2n) is 4.17. The van der Waals surface area contributed by atoms with Gasteiger partial charge in [-0.05, 0) is 43.7 Å². The molecule has 90 valence electrons. The van der Waals surface area contributed by atoms with E-state index in [1.165, 1.54) is 6.07 Å². The van der Waals surface area contributed by atoms with Crippen LogP contribution in [0.2, 0.25) is 0 Å². The molecule has 1 unspecified atom stereocenters. The van der Waals surface area contributed by atoms with E-state index in [-0.39, 0.29) is 11.9 Å². The summed E-state index contributed by atoms with van der Waals surface area (Å²) >= 11 is 0. The van der Waals surface area contributed by atoms with Crippen molar-refractivity contribution < 1.29 is 8.81 Å². The van der Waals surface area contributed by atoms with Gasteiger partial charge >= 0.3 is 0 Å². The Morgan fingerprint density at radius 1 is 1.29 bits per heavy atom. The van der Waals surface area contributed by atoms with Crippen LogP contribution in [0.25, 0.3) is 0 Å². The molecule has 0 aliphatic heterocycles. The zero-order valence-electron chi connectivity index (χ0n) is 10.0. The predicted octanol–water partition coefficient (Wildman–Crippen LogP) is 3.58. The van der Waals surface area contributed by atoms with Crippen molar-refractivity contribution in [3.63, 3.8) is 0 Å². The second kappa shape index (κ2) is 5.15. The lowest BCUT2D eigenvalue weighted by Gasteiger charge is -2.13. The highest BCUT2D eigenvalue weighted by molar-refractivity contribution is 5.19. The molecule has 0 bridgehead atoms. The number of hydrogen-bond donors (Lipinski definition) is 1. The molecule has 1 aromatic heterocycles. The summed E-state index contributed by atoms with van der Waals surface area (Å²) in [6.45, 7) is 4.57. The Balaban J connectivity index is 1.95. The molecule has 0 amide bonds. The largest absolute Gasteiger partial charge is 0.465 e. The molecule has 0 radical (unpaired) electrons. The second-order valence-corrected chi connectivity index (χ2v) is 4.17. The smallest absolute Gasteiger partial charge is 0.123 e. The maximum absolute atomic E-state index is 13.0. The first-order valence-electron chi connectivity index (χ1n) is 5.69. The number of hydrogen-bond acceptors (Lipinski definition) is 2. The minimum atomic E-state index is -0.204. The fourth-order valence-electron chi connectivity index (χ4n) is 1.73. The molecule has 1 atom stereocenters. The summed E-state index contributed by atoms with van der Waals surface area (Å²) in [5.41, 5.74) is 0.938. The number of furan rings is 1. The van der Waals surface area contributed by atoms with E-state index in [0.717, 1.165) is 17.1 Å². The summed E-state index contributed by atoms with van der Waals surface area (Å²) in [6, 6.07) is 10.6. The molecule has 17 heavy (non-hydrogen) atoms. The molecule has 3 heteroatoms. The Bertz CT molecular complexity index is 492. The van der Waals surface area contributed by atoms with Gasteiger partial charge in [-0.2, -0.15) is 0 Å². The van der Waals surface area contributed by atoms with E-state index < -0.39 is 0 Å². The number of rotatable bonds is 4. The Morgan fingerprint density at radius 2 is 2.12 bits per heavy atom. The lowest BCUT2D eigenvalue weighted by Crippen LogP contribution is -2.17. The van der Waals surface area contributed by atoms with Crippen LogP contribution in [0.4, 0.5) is 4.39 Å². The van der Waals surface area contributed by atoms with E-state index in [4.69, 9.17) is 4.42 Å². The third kappa shape index (κ3) is 3.17. The molecule has 0 fully saturated rings. The van der Waals surface area contributed by atoms with E-state index in [9.17, 15) is 4.39 Å². The van der Waals surface area contributed by atoms with Crippen molar-refractivity contribution in [3.8, 4) is 0 Å². The van der Waals surface area contributed by atoms with Crippen LogP contribution in [0.3, 0.4) is 0 Å². The summed E-state index contributed by atoms with van der Waals surface area (Å²) in [7, 11) is 0. The third-order valence-corrected chi connectivity index (χ3v) is 2.73. The number of benzene rings is 1. The van der Waals surface area contributed by atoms with Gasteiger partial charge in [0.15, 0.2) is 0 Å². The maximum atomic E-state index is 13.0. The lowest BCUT2D eigenvalue weighted by atomic mass is 10.1. The van der Waals surface area contributed by atoms with Gasteiger partial charge in [0.1, 0.15) is 17.3 Å². The monoisotopic (exact) mass is 233 g/mol. The van der Waals surface area contributed by atoms with Crippen molar-refractivity contribution in [3.05, 3.63) is 59.3 Å². The molecule has 2 aromatic rings. The molecule has 2 nitrogen and oxygen atoms in total. The molecule has 0 saturated carbocycles. The van der Waals surface area contributed by atoms with Crippen LogP contribution in [0.1, 0.15) is 30.0 Å². The van der Waals surface area contributed by atoms with Gasteiger partial charge in [0.05, 0.1) is 6.54 Å². The van der Waals surface area contributed by atoms with Crippen molar-refractivity contribution >= 4 is 0 Å². The first-order valence-corrected chi connectivity index (χ1v) is 5.69. The van der Waals surface area contributed by atoms with Crippen LogP contribution >= 0.6 is 0 Å². The zero-order valence-corrected chi connectivity index (χ0v) is 10.0. The van der Waals surface area contributed by atoms with Gasteiger partial charge < -0.3 is 9.73 Å². The lowest BCUT2D eigenvalue weighted by molar-refractivity contribution is 0.443. The average molecular weight is 233 g/mol. The van der Waals surface area contributed by atoms with Gasteiger partial charge in [0.25, 0.3) is 0 Å². The number of nitrogens with one attached hydrogen (secondary N) is 1. The first-order chi connectivity index (χ1) is 8.15. The van der Waals surface area contributed by atoms with E-state index in [1.807, 2.05) is 32.0 Å². The van der Waals surface area contributed by atoms with Gasteiger partial charge in [-0.25, -0.2) is 4.39 Å². The molecule has 2 rings (SSSR count). The van der Waals surface area contributed by atoms with Crippen LogP contribution in [-0.2, 0) is 6.54 Å². The highest BCUT2D eigenvalue weighted by Crippen LogP contribution is 2.14. The SMILES string of the molecule is Cc1ccc(CNC(C)c2cccc(F)c2)o1. The molecular formula is C14H16FNO. The summed E-state index contributed by atoms with van der Waals surface area (Å²) in [6.07, 6.45) is 0. The Kier molecular flexibility index (Phi) is 3.59. The molecule has 0 saturated heterocycles. The van der Waals surface area contributed by atoms with E-state index in [0.29, 0.717) is 6.54 Å². The minimum absolute atomic E-state index is 0.0936. The zero-order chi connectivity index (χ0) is 12.3. The number of aryl methyl sites for hydroxylation is 1.